The van der Waals surface area contributed by atoms with Crippen molar-refractivity contribution in [1.29, 1.82) is 0 Å². The molecule has 112 valence electrons. The van der Waals surface area contributed by atoms with E-state index in [-0.39, 0.29) is 23.1 Å². The van der Waals surface area contributed by atoms with Crippen molar-refractivity contribution in [3.05, 3.63) is 29.3 Å². The van der Waals surface area contributed by atoms with E-state index in [4.69, 9.17) is 0 Å². The number of piperidine rings is 1. The number of hydrogen-bond acceptors (Lipinski definition) is 2. The molecule has 0 unspecified atom stereocenters. The minimum absolute atomic E-state index is 0.0248. The standard InChI is InChI=1S/C18H23NO2/c1-11-6-7-13(10-12(11)2)19-15(20)14-8-9-18(5,16(19)21)17(14,3)4/h6-7,10,14H,8-9H2,1-5H3/t14-,18+/m0/s1. The quantitative estimate of drug-likeness (QED) is 0.739. The first kappa shape index (κ1) is 14.3. The lowest BCUT2D eigenvalue weighted by Crippen LogP contribution is -2.59. The Morgan fingerprint density at radius 2 is 1.76 bits per heavy atom. The van der Waals surface area contributed by atoms with Gasteiger partial charge in [0.25, 0.3) is 0 Å². The van der Waals surface area contributed by atoms with E-state index in [1.54, 1.807) is 0 Å². The van der Waals surface area contributed by atoms with E-state index in [0.717, 1.165) is 24.1 Å². The molecular formula is C18H23NO2. The van der Waals surface area contributed by atoms with Gasteiger partial charge in [0, 0.05) is 5.92 Å². The van der Waals surface area contributed by atoms with Crippen LogP contribution in [-0.2, 0) is 9.59 Å². The first-order chi connectivity index (χ1) is 9.70. The van der Waals surface area contributed by atoms with E-state index in [0.29, 0.717) is 0 Å². The molecule has 2 fully saturated rings. The second-order valence-corrected chi connectivity index (χ2v) is 7.39. The number of imide groups is 1. The zero-order valence-electron chi connectivity index (χ0n) is 13.5. The Balaban J connectivity index is 2.11. The average Bonchev–Trinajstić information content (AvgIpc) is 2.59. The van der Waals surface area contributed by atoms with Crippen molar-refractivity contribution < 1.29 is 9.59 Å². The van der Waals surface area contributed by atoms with Gasteiger partial charge in [-0.2, -0.15) is 0 Å². The minimum Gasteiger partial charge on any atom is -0.274 e. The van der Waals surface area contributed by atoms with Gasteiger partial charge in [-0.3, -0.25) is 9.59 Å². The van der Waals surface area contributed by atoms with Crippen molar-refractivity contribution in [1.82, 2.24) is 0 Å². The first-order valence-electron chi connectivity index (χ1n) is 7.66. The third kappa shape index (κ3) is 1.66. The molecule has 0 spiro atoms. The molecule has 1 aliphatic heterocycles. The summed E-state index contributed by atoms with van der Waals surface area (Å²) in [4.78, 5) is 27.3. The lowest BCUT2D eigenvalue weighted by Gasteiger charge is -2.47. The summed E-state index contributed by atoms with van der Waals surface area (Å²) in [5, 5.41) is 0. The lowest BCUT2D eigenvalue weighted by molar-refractivity contribution is -0.146. The number of nitrogens with zero attached hydrogens (tertiary/aromatic N) is 1. The highest BCUT2D eigenvalue weighted by Crippen LogP contribution is 2.60. The number of anilines is 1. The first-order valence-corrected chi connectivity index (χ1v) is 7.66. The maximum Gasteiger partial charge on any atom is 0.240 e. The summed E-state index contributed by atoms with van der Waals surface area (Å²) in [5.74, 6) is -0.112. The molecule has 2 atom stereocenters. The average molecular weight is 285 g/mol. The van der Waals surface area contributed by atoms with Gasteiger partial charge in [-0.1, -0.05) is 26.8 Å². The molecule has 0 radical (unpaired) electrons. The van der Waals surface area contributed by atoms with Crippen LogP contribution >= 0.6 is 0 Å². The smallest absolute Gasteiger partial charge is 0.240 e. The number of aryl methyl sites for hydroxylation is 2. The second-order valence-electron chi connectivity index (χ2n) is 7.39. The third-order valence-electron chi connectivity index (χ3n) is 6.17. The molecule has 0 aromatic heterocycles. The maximum atomic E-state index is 13.0. The van der Waals surface area contributed by atoms with Crippen LogP contribution in [0.5, 0.6) is 0 Å². The van der Waals surface area contributed by atoms with E-state index in [1.165, 1.54) is 10.5 Å². The van der Waals surface area contributed by atoms with Gasteiger partial charge in [0.15, 0.2) is 0 Å². The summed E-state index contributed by atoms with van der Waals surface area (Å²) in [6, 6.07) is 5.82. The number of fused-ring (bicyclic) bond motifs is 2. The van der Waals surface area contributed by atoms with E-state index < -0.39 is 5.41 Å². The Morgan fingerprint density at radius 1 is 1.10 bits per heavy atom. The van der Waals surface area contributed by atoms with Gasteiger partial charge in [0.05, 0.1) is 11.1 Å². The highest BCUT2D eigenvalue weighted by atomic mass is 16.2. The van der Waals surface area contributed by atoms with Crippen LogP contribution in [0.4, 0.5) is 5.69 Å². The zero-order valence-corrected chi connectivity index (χ0v) is 13.5. The van der Waals surface area contributed by atoms with Crippen LogP contribution < -0.4 is 4.90 Å². The van der Waals surface area contributed by atoms with Gasteiger partial charge in [-0.05, 0) is 55.4 Å². The fraction of sp³-hybridized carbons (Fsp3) is 0.556. The molecule has 0 N–H and O–H groups in total. The molecule has 1 aromatic rings. The molecule has 1 aromatic carbocycles. The zero-order chi connectivity index (χ0) is 15.6. The van der Waals surface area contributed by atoms with Gasteiger partial charge in [0.2, 0.25) is 11.8 Å². The Morgan fingerprint density at radius 3 is 2.38 bits per heavy atom. The third-order valence-corrected chi connectivity index (χ3v) is 6.17. The molecule has 3 nitrogen and oxygen atoms in total. The van der Waals surface area contributed by atoms with E-state index in [2.05, 4.69) is 13.8 Å². The maximum absolute atomic E-state index is 13.0. The van der Waals surface area contributed by atoms with E-state index in [9.17, 15) is 9.59 Å². The Kier molecular flexibility index (Phi) is 2.85. The van der Waals surface area contributed by atoms with Crippen molar-refractivity contribution in [2.24, 2.45) is 16.7 Å². The second kappa shape index (κ2) is 4.19. The molecule has 1 saturated carbocycles. The van der Waals surface area contributed by atoms with Crippen LogP contribution in [0, 0.1) is 30.6 Å². The predicted octanol–water partition coefficient (Wildman–Crippen LogP) is 3.62. The van der Waals surface area contributed by atoms with Gasteiger partial charge >= 0.3 is 0 Å². The van der Waals surface area contributed by atoms with Crippen LogP contribution in [0.3, 0.4) is 0 Å². The molecule has 1 heterocycles. The normalized spacial score (nSPS) is 30.9. The summed E-state index contributed by atoms with van der Waals surface area (Å²) in [6.45, 7) is 10.2. The van der Waals surface area contributed by atoms with Gasteiger partial charge in [-0.25, -0.2) is 4.90 Å². The number of carbonyl (C=O) groups excluding carboxylic acids is 2. The number of hydrogen-bond donors (Lipinski definition) is 0. The molecular weight excluding hydrogens is 262 g/mol. The van der Waals surface area contributed by atoms with Crippen LogP contribution in [0.2, 0.25) is 0 Å². The predicted molar refractivity (Wildman–Crippen MR) is 83.0 cm³/mol. The molecule has 3 heteroatoms. The fourth-order valence-corrected chi connectivity index (χ4v) is 3.93. The summed E-state index contributed by atoms with van der Waals surface area (Å²) < 4.78 is 0. The van der Waals surface area contributed by atoms with E-state index >= 15 is 0 Å². The summed E-state index contributed by atoms with van der Waals surface area (Å²) in [6.07, 6.45) is 1.62. The highest BCUT2D eigenvalue weighted by molar-refractivity contribution is 6.20. The largest absolute Gasteiger partial charge is 0.274 e. The summed E-state index contributed by atoms with van der Waals surface area (Å²) >= 11 is 0. The SMILES string of the molecule is Cc1ccc(N2C(=O)[C@@H]3CC[C@](C)(C2=O)C3(C)C)cc1C. The Bertz CT molecular complexity index is 647. The molecule has 3 rings (SSSR count). The molecule has 2 aliphatic rings. The molecule has 1 aliphatic carbocycles. The topological polar surface area (TPSA) is 37.4 Å². The van der Waals surface area contributed by atoms with Gasteiger partial charge in [0.1, 0.15) is 0 Å². The van der Waals surface area contributed by atoms with E-state index in [1.807, 2.05) is 39.0 Å². The number of amides is 2. The van der Waals surface area contributed by atoms with Crippen molar-refractivity contribution in [3.8, 4) is 0 Å². The Hall–Kier alpha value is -1.64. The van der Waals surface area contributed by atoms with Gasteiger partial charge < -0.3 is 0 Å². The minimum atomic E-state index is -0.440. The van der Waals surface area contributed by atoms with Crippen LogP contribution in [0.15, 0.2) is 18.2 Å². The number of benzene rings is 1. The molecule has 2 amide bonds. The lowest BCUT2D eigenvalue weighted by atomic mass is 9.62. The van der Waals surface area contributed by atoms with Crippen LogP contribution in [-0.4, -0.2) is 11.8 Å². The monoisotopic (exact) mass is 285 g/mol. The Labute approximate surface area is 126 Å². The molecule has 21 heavy (non-hydrogen) atoms. The van der Waals surface area contributed by atoms with Crippen LogP contribution in [0.1, 0.15) is 44.7 Å². The van der Waals surface area contributed by atoms with Crippen molar-refractivity contribution in [3.63, 3.8) is 0 Å². The summed E-state index contributed by atoms with van der Waals surface area (Å²) in [7, 11) is 0. The number of rotatable bonds is 1. The van der Waals surface area contributed by atoms with Crippen LogP contribution in [0.25, 0.3) is 0 Å². The summed E-state index contributed by atoms with van der Waals surface area (Å²) in [5.41, 5.74) is 2.31. The molecule has 2 bridgehead atoms. The highest BCUT2D eigenvalue weighted by Gasteiger charge is 2.64. The number of carbonyl (C=O) groups is 2. The van der Waals surface area contributed by atoms with Crippen molar-refractivity contribution in [2.45, 2.75) is 47.5 Å². The molecule has 1 saturated heterocycles. The van der Waals surface area contributed by atoms with Gasteiger partial charge in [-0.15, -0.1) is 0 Å². The van der Waals surface area contributed by atoms with Crippen molar-refractivity contribution >= 4 is 17.5 Å². The fourth-order valence-electron chi connectivity index (χ4n) is 3.93. The van der Waals surface area contributed by atoms with Crippen molar-refractivity contribution in [2.75, 3.05) is 4.90 Å².